The van der Waals surface area contributed by atoms with Gasteiger partial charge in [-0.05, 0) is 44.4 Å². The summed E-state index contributed by atoms with van der Waals surface area (Å²) in [5, 5.41) is 9.08. The quantitative estimate of drug-likeness (QED) is 0.833. The smallest absolute Gasteiger partial charge is 0.241 e. The van der Waals surface area contributed by atoms with E-state index in [1.54, 1.807) is 0 Å². The highest BCUT2D eigenvalue weighted by molar-refractivity contribution is 7.89. The van der Waals surface area contributed by atoms with E-state index >= 15 is 0 Å². The number of aliphatic hydroxyl groups is 1. The molecule has 0 aromatic heterocycles. The van der Waals surface area contributed by atoms with Gasteiger partial charge in [0.15, 0.2) is 0 Å². The first-order chi connectivity index (χ1) is 9.87. The molecule has 1 fully saturated rings. The Morgan fingerprint density at radius 1 is 1.43 bits per heavy atom. The summed E-state index contributed by atoms with van der Waals surface area (Å²) in [6.45, 7) is 3.50. The normalized spacial score (nSPS) is 22.1. The van der Waals surface area contributed by atoms with Crippen LogP contribution in [0.4, 0.5) is 4.39 Å². The largest absolute Gasteiger partial charge is 0.392 e. The van der Waals surface area contributed by atoms with E-state index in [4.69, 9.17) is 9.84 Å². The molecule has 2 N–H and O–H groups in total. The Morgan fingerprint density at radius 2 is 2.10 bits per heavy atom. The Balaban J connectivity index is 2.15. The molecule has 0 spiro atoms. The summed E-state index contributed by atoms with van der Waals surface area (Å²) in [5.74, 6) is -0.636. The molecular weight excluding hydrogens is 297 g/mol. The number of ether oxygens (including phenoxy) is 1. The van der Waals surface area contributed by atoms with Gasteiger partial charge in [-0.3, -0.25) is 0 Å². The van der Waals surface area contributed by atoms with Crippen molar-refractivity contribution in [3.8, 4) is 0 Å². The van der Waals surface area contributed by atoms with Crippen molar-refractivity contribution in [3.63, 3.8) is 0 Å². The number of benzene rings is 1. The minimum absolute atomic E-state index is 0.0559. The van der Waals surface area contributed by atoms with Crippen LogP contribution in [0.3, 0.4) is 0 Å². The van der Waals surface area contributed by atoms with Gasteiger partial charge >= 0.3 is 0 Å². The highest BCUT2D eigenvalue weighted by atomic mass is 32.2. The molecule has 0 amide bonds. The standard InChI is InChI=1S/C14H20FNO4S/c1-3-20-12-6-11(7-12)16-21(18,19)14-5-10(8-17)4-13(15)9(14)2/h4-5,11-12,16-17H,3,6-8H2,1-2H3. The zero-order valence-corrected chi connectivity index (χ0v) is 12.9. The minimum atomic E-state index is -3.80. The van der Waals surface area contributed by atoms with Crippen molar-refractivity contribution in [2.75, 3.05) is 6.61 Å². The molecule has 1 aliphatic rings. The van der Waals surface area contributed by atoms with Crippen LogP contribution in [0.1, 0.15) is 30.9 Å². The lowest BCUT2D eigenvalue weighted by Crippen LogP contribution is -2.47. The van der Waals surface area contributed by atoms with E-state index in [-0.39, 0.29) is 28.2 Å². The van der Waals surface area contributed by atoms with Crippen LogP contribution in [0, 0.1) is 12.7 Å². The van der Waals surface area contributed by atoms with Crippen molar-refractivity contribution in [2.24, 2.45) is 0 Å². The fourth-order valence-electron chi connectivity index (χ4n) is 2.39. The zero-order valence-electron chi connectivity index (χ0n) is 12.1. The average molecular weight is 317 g/mol. The van der Waals surface area contributed by atoms with E-state index in [9.17, 15) is 12.8 Å². The van der Waals surface area contributed by atoms with Gasteiger partial charge in [0, 0.05) is 18.2 Å². The maximum absolute atomic E-state index is 13.7. The van der Waals surface area contributed by atoms with E-state index in [0.717, 1.165) is 6.07 Å². The van der Waals surface area contributed by atoms with Crippen molar-refractivity contribution in [1.29, 1.82) is 0 Å². The molecule has 2 rings (SSSR count). The Kier molecular flexibility index (Phi) is 4.98. The highest BCUT2D eigenvalue weighted by Gasteiger charge is 2.33. The van der Waals surface area contributed by atoms with Gasteiger partial charge in [-0.1, -0.05) is 0 Å². The third kappa shape index (κ3) is 3.60. The van der Waals surface area contributed by atoms with Crippen LogP contribution in [-0.4, -0.2) is 32.3 Å². The Morgan fingerprint density at radius 3 is 2.67 bits per heavy atom. The SMILES string of the molecule is CCOC1CC(NS(=O)(=O)c2cc(CO)cc(F)c2C)C1. The van der Waals surface area contributed by atoms with Crippen LogP contribution in [0.5, 0.6) is 0 Å². The van der Waals surface area contributed by atoms with Crippen molar-refractivity contribution in [1.82, 2.24) is 4.72 Å². The number of aliphatic hydroxyl groups excluding tert-OH is 1. The third-order valence-electron chi connectivity index (χ3n) is 3.65. The molecule has 1 saturated carbocycles. The lowest BCUT2D eigenvalue weighted by Gasteiger charge is -2.35. The maximum Gasteiger partial charge on any atom is 0.241 e. The second-order valence-corrected chi connectivity index (χ2v) is 6.91. The second-order valence-electron chi connectivity index (χ2n) is 5.23. The topological polar surface area (TPSA) is 75.6 Å². The fourth-order valence-corrected chi connectivity index (χ4v) is 3.96. The number of nitrogens with one attached hydrogen (secondary N) is 1. The summed E-state index contributed by atoms with van der Waals surface area (Å²) in [6, 6.07) is 2.26. The van der Waals surface area contributed by atoms with Crippen LogP contribution in [0.25, 0.3) is 0 Å². The van der Waals surface area contributed by atoms with Crippen LogP contribution in [0.2, 0.25) is 0 Å². The molecule has 1 aromatic rings. The second kappa shape index (κ2) is 6.39. The van der Waals surface area contributed by atoms with Gasteiger partial charge in [-0.25, -0.2) is 17.5 Å². The molecule has 0 bridgehead atoms. The molecule has 1 aromatic carbocycles. The van der Waals surface area contributed by atoms with Gasteiger partial charge in [0.2, 0.25) is 10.0 Å². The number of sulfonamides is 1. The average Bonchev–Trinajstić information content (AvgIpc) is 2.39. The first-order valence-electron chi connectivity index (χ1n) is 6.91. The summed E-state index contributed by atoms with van der Waals surface area (Å²) in [5.41, 5.74) is 0.291. The maximum atomic E-state index is 13.7. The van der Waals surface area contributed by atoms with Gasteiger partial charge in [-0.15, -0.1) is 0 Å². The van der Waals surface area contributed by atoms with Crippen LogP contribution >= 0.6 is 0 Å². The first-order valence-corrected chi connectivity index (χ1v) is 8.39. The molecule has 0 saturated heterocycles. The summed E-state index contributed by atoms with van der Waals surface area (Å²) in [6.07, 6.45) is 1.33. The Labute approximate surface area is 124 Å². The number of hydrogen-bond donors (Lipinski definition) is 2. The minimum Gasteiger partial charge on any atom is -0.392 e. The molecule has 118 valence electrons. The predicted octanol–water partition coefficient (Wildman–Crippen LogP) is 1.47. The molecule has 0 unspecified atom stereocenters. The monoisotopic (exact) mass is 317 g/mol. The van der Waals surface area contributed by atoms with E-state index < -0.39 is 22.4 Å². The van der Waals surface area contributed by atoms with E-state index in [1.165, 1.54) is 13.0 Å². The molecule has 5 nitrogen and oxygen atoms in total. The van der Waals surface area contributed by atoms with E-state index in [0.29, 0.717) is 19.4 Å². The molecular formula is C14H20FNO4S. The van der Waals surface area contributed by atoms with Crippen LogP contribution in [-0.2, 0) is 21.4 Å². The van der Waals surface area contributed by atoms with E-state index in [1.807, 2.05) is 6.92 Å². The Bertz CT molecular complexity index is 612. The summed E-state index contributed by atoms with van der Waals surface area (Å²) < 4.78 is 46.4. The van der Waals surface area contributed by atoms with Crippen LogP contribution in [0.15, 0.2) is 17.0 Å². The van der Waals surface area contributed by atoms with Gasteiger partial charge in [0.25, 0.3) is 0 Å². The molecule has 0 heterocycles. The fraction of sp³-hybridized carbons (Fsp3) is 0.571. The molecule has 21 heavy (non-hydrogen) atoms. The molecule has 0 atom stereocenters. The number of hydrogen-bond acceptors (Lipinski definition) is 4. The first kappa shape index (κ1) is 16.4. The summed E-state index contributed by atoms with van der Waals surface area (Å²) in [7, 11) is -3.80. The third-order valence-corrected chi connectivity index (χ3v) is 5.29. The van der Waals surface area contributed by atoms with E-state index in [2.05, 4.69) is 4.72 Å². The number of halogens is 1. The molecule has 0 radical (unpaired) electrons. The molecule has 0 aliphatic heterocycles. The lowest BCUT2D eigenvalue weighted by atomic mass is 9.90. The zero-order chi connectivity index (χ0) is 15.6. The predicted molar refractivity (Wildman–Crippen MR) is 75.8 cm³/mol. The molecule has 1 aliphatic carbocycles. The van der Waals surface area contributed by atoms with Crippen molar-refractivity contribution in [2.45, 2.75) is 50.3 Å². The highest BCUT2D eigenvalue weighted by Crippen LogP contribution is 2.27. The van der Waals surface area contributed by atoms with Crippen molar-refractivity contribution in [3.05, 3.63) is 29.1 Å². The molecule has 7 heteroatoms. The van der Waals surface area contributed by atoms with Crippen molar-refractivity contribution >= 4 is 10.0 Å². The van der Waals surface area contributed by atoms with Gasteiger partial charge < -0.3 is 9.84 Å². The summed E-state index contributed by atoms with van der Waals surface area (Å²) in [4.78, 5) is -0.119. The Hall–Kier alpha value is -1.02. The van der Waals surface area contributed by atoms with Gasteiger partial charge in [-0.2, -0.15) is 0 Å². The lowest BCUT2D eigenvalue weighted by molar-refractivity contribution is -0.00476. The number of rotatable bonds is 6. The van der Waals surface area contributed by atoms with Gasteiger partial charge in [0.05, 0.1) is 17.6 Å². The van der Waals surface area contributed by atoms with Gasteiger partial charge in [0.1, 0.15) is 5.82 Å². The summed E-state index contributed by atoms with van der Waals surface area (Å²) >= 11 is 0. The van der Waals surface area contributed by atoms with Crippen LogP contribution < -0.4 is 4.72 Å². The van der Waals surface area contributed by atoms with Crippen molar-refractivity contribution < 1.29 is 22.7 Å².